The van der Waals surface area contributed by atoms with Gasteiger partial charge in [-0.15, -0.1) is 0 Å². The van der Waals surface area contributed by atoms with E-state index in [1.807, 2.05) is 12.1 Å². The van der Waals surface area contributed by atoms with E-state index in [-0.39, 0.29) is 6.61 Å². The van der Waals surface area contributed by atoms with Gasteiger partial charge in [0.25, 0.3) is 0 Å². The summed E-state index contributed by atoms with van der Waals surface area (Å²) < 4.78 is 0. The Morgan fingerprint density at radius 1 is 1.35 bits per heavy atom. The molecule has 0 saturated heterocycles. The summed E-state index contributed by atoms with van der Waals surface area (Å²) in [5.41, 5.74) is 1.83. The minimum Gasteiger partial charge on any atom is -0.465 e. The Bertz CT molecular complexity index is 382. The molecule has 0 aromatic heterocycles. The number of aliphatic hydroxyl groups excluding tert-OH is 1. The average molecular weight is 258 g/mol. The van der Waals surface area contributed by atoms with Crippen LogP contribution in [0.15, 0.2) is 18.2 Å². The molecule has 1 aromatic rings. The van der Waals surface area contributed by atoms with Crippen molar-refractivity contribution >= 4 is 17.7 Å². The van der Waals surface area contributed by atoms with Crippen LogP contribution in [0, 0.1) is 0 Å². The maximum Gasteiger partial charge on any atom is 0.404 e. The van der Waals surface area contributed by atoms with Crippen LogP contribution >= 0.6 is 11.6 Å². The molecule has 17 heavy (non-hydrogen) atoms. The maximum absolute atomic E-state index is 10.2. The van der Waals surface area contributed by atoms with Gasteiger partial charge in [-0.05, 0) is 36.5 Å². The van der Waals surface area contributed by atoms with E-state index < -0.39 is 6.09 Å². The normalized spacial score (nSPS) is 10.2. The highest BCUT2D eigenvalue weighted by Gasteiger charge is 2.01. The van der Waals surface area contributed by atoms with E-state index in [1.54, 1.807) is 6.07 Å². The van der Waals surface area contributed by atoms with Crippen molar-refractivity contribution in [2.75, 3.05) is 6.54 Å². The van der Waals surface area contributed by atoms with Crippen LogP contribution in [0.2, 0.25) is 5.02 Å². The van der Waals surface area contributed by atoms with Crippen molar-refractivity contribution in [2.24, 2.45) is 0 Å². The lowest BCUT2D eigenvalue weighted by Gasteiger charge is -2.05. The minimum atomic E-state index is -0.987. The summed E-state index contributed by atoms with van der Waals surface area (Å²) in [6, 6.07) is 5.58. The summed E-state index contributed by atoms with van der Waals surface area (Å²) >= 11 is 5.88. The van der Waals surface area contributed by atoms with E-state index in [1.165, 1.54) is 0 Å². The molecule has 0 aliphatic carbocycles. The van der Waals surface area contributed by atoms with Crippen molar-refractivity contribution in [2.45, 2.75) is 25.9 Å². The summed E-state index contributed by atoms with van der Waals surface area (Å²) in [7, 11) is 0. The molecule has 0 unspecified atom stereocenters. The summed E-state index contributed by atoms with van der Waals surface area (Å²) in [5, 5.41) is 20.3. The molecule has 3 N–H and O–H groups in total. The second-order valence-corrected chi connectivity index (χ2v) is 4.18. The number of rotatable bonds is 6. The first-order valence-corrected chi connectivity index (χ1v) is 5.86. The van der Waals surface area contributed by atoms with Gasteiger partial charge >= 0.3 is 6.09 Å². The van der Waals surface area contributed by atoms with Crippen molar-refractivity contribution in [1.29, 1.82) is 0 Å². The fourth-order valence-corrected chi connectivity index (χ4v) is 1.73. The lowest BCUT2D eigenvalue weighted by molar-refractivity contribution is 0.194. The third-order valence-corrected chi connectivity index (χ3v) is 2.82. The van der Waals surface area contributed by atoms with Gasteiger partial charge in [0.1, 0.15) is 0 Å². The van der Waals surface area contributed by atoms with Gasteiger partial charge in [-0.25, -0.2) is 4.79 Å². The Morgan fingerprint density at radius 3 is 2.76 bits per heavy atom. The highest BCUT2D eigenvalue weighted by atomic mass is 35.5. The monoisotopic (exact) mass is 257 g/mol. The number of benzene rings is 1. The molecule has 1 rings (SSSR count). The third-order valence-electron chi connectivity index (χ3n) is 2.45. The molecule has 0 fully saturated rings. The number of hydrogen-bond acceptors (Lipinski definition) is 2. The Hall–Kier alpha value is -1.26. The number of unbranched alkanes of at least 4 members (excludes halogenated alkanes) is 1. The van der Waals surface area contributed by atoms with Crippen LogP contribution in [-0.4, -0.2) is 22.9 Å². The number of carboxylic acid groups (broad SMARTS) is 1. The average Bonchev–Trinajstić information content (AvgIpc) is 2.30. The molecule has 94 valence electrons. The predicted molar refractivity (Wildman–Crippen MR) is 66.3 cm³/mol. The van der Waals surface area contributed by atoms with E-state index in [0.717, 1.165) is 30.4 Å². The molecule has 1 amide bonds. The number of carbonyl (C=O) groups is 1. The predicted octanol–water partition coefficient (Wildman–Crippen LogP) is 2.42. The van der Waals surface area contributed by atoms with Gasteiger partial charge < -0.3 is 15.5 Å². The highest BCUT2D eigenvalue weighted by Crippen LogP contribution is 2.18. The van der Waals surface area contributed by atoms with Crippen molar-refractivity contribution < 1.29 is 15.0 Å². The number of aliphatic hydroxyl groups is 1. The fourth-order valence-electron chi connectivity index (χ4n) is 1.55. The Kier molecular flexibility index (Phi) is 5.80. The van der Waals surface area contributed by atoms with Crippen molar-refractivity contribution in [3.05, 3.63) is 34.3 Å². The molecule has 0 saturated carbocycles. The first kappa shape index (κ1) is 13.8. The van der Waals surface area contributed by atoms with E-state index in [0.29, 0.717) is 11.6 Å². The first-order valence-electron chi connectivity index (χ1n) is 5.48. The molecule has 4 nitrogen and oxygen atoms in total. The second-order valence-electron chi connectivity index (χ2n) is 3.77. The summed E-state index contributed by atoms with van der Waals surface area (Å²) in [6.45, 7) is 0.406. The quantitative estimate of drug-likeness (QED) is 0.686. The van der Waals surface area contributed by atoms with Gasteiger partial charge in [0.05, 0.1) is 6.61 Å². The summed E-state index contributed by atoms with van der Waals surface area (Å²) in [5.74, 6) is 0. The third kappa shape index (κ3) is 5.06. The highest BCUT2D eigenvalue weighted by molar-refractivity contribution is 6.31. The first-order chi connectivity index (χ1) is 8.13. The molecule has 0 aliphatic heterocycles. The van der Waals surface area contributed by atoms with Gasteiger partial charge in [0.15, 0.2) is 0 Å². The summed E-state index contributed by atoms with van der Waals surface area (Å²) in [6.07, 6.45) is 1.56. The molecule has 5 heteroatoms. The Morgan fingerprint density at radius 2 is 2.12 bits per heavy atom. The van der Waals surface area contributed by atoms with Crippen LogP contribution in [0.1, 0.15) is 24.0 Å². The molecule has 0 bridgehead atoms. The lowest BCUT2D eigenvalue weighted by Crippen LogP contribution is -2.21. The SMILES string of the molecule is O=C(O)NCCCCc1ccc(Cl)c(CO)c1. The molecular weight excluding hydrogens is 242 g/mol. The molecule has 0 spiro atoms. The van der Waals surface area contributed by atoms with Crippen LogP contribution < -0.4 is 5.32 Å². The number of halogens is 1. The zero-order chi connectivity index (χ0) is 12.7. The Balaban J connectivity index is 2.34. The maximum atomic E-state index is 10.2. The largest absolute Gasteiger partial charge is 0.465 e. The van der Waals surface area contributed by atoms with Crippen LogP contribution in [0.25, 0.3) is 0 Å². The number of nitrogens with one attached hydrogen (secondary N) is 1. The Labute approximate surface area is 105 Å². The lowest BCUT2D eigenvalue weighted by atomic mass is 10.1. The van der Waals surface area contributed by atoms with Gasteiger partial charge in [-0.3, -0.25) is 0 Å². The smallest absolute Gasteiger partial charge is 0.404 e. The van der Waals surface area contributed by atoms with Crippen molar-refractivity contribution in [3.8, 4) is 0 Å². The molecule has 0 radical (unpaired) electrons. The molecule has 0 aliphatic rings. The zero-order valence-corrected chi connectivity index (χ0v) is 10.2. The molecule has 0 heterocycles. The van der Waals surface area contributed by atoms with Crippen LogP contribution in [0.5, 0.6) is 0 Å². The van der Waals surface area contributed by atoms with Crippen LogP contribution in [0.3, 0.4) is 0 Å². The van der Waals surface area contributed by atoms with Gasteiger partial charge in [0.2, 0.25) is 0 Å². The van der Waals surface area contributed by atoms with Gasteiger partial charge in [-0.1, -0.05) is 23.7 Å². The fraction of sp³-hybridized carbons (Fsp3) is 0.417. The molecule has 0 atom stereocenters. The van der Waals surface area contributed by atoms with Gasteiger partial charge in [-0.2, -0.15) is 0 Å². The topological polar surface area (TPSA) is 69.6 Å². The van der Waals surface area contributed by atoms with Crippen molar-refractivity contribution in [1.82, 2.24) is 5.32 Å². The minimum absolute atomic E-state index is 0.0623. The number of hydrogen-bond donors (Lipinski definition) is 3. The molecule has 1 aromatic carbocycles. The standard InChI is InChI=1S/C12H16ClNO3/c13-11-5-4-9(7-10(11)8-15)3-1-2-6-14-12(16)17/h4-5,7,14-15H,1-3,6,8H2,(H,16,17). The molecular formula is C12H16ClNO3. The van der Waals surface area contributed by atoms with E-state index in [4.69, 9.17) is 21.8 Å². The number of aryl methyl sites for hydroxylation is 1. The van der Waals surface area contributed by atoms with Crippen LogP contribution in [0.4, 0.5) is 4.79 Å². The number of amides is 1. The van der Waals surface area contributed by atoms with E-state index in [9.17, 15) is 4.79 Å². The van der Waals surface area contributed by atoms with Crippen molar-refractivity contribution in [3.63, 3.8) is 0 Å². The van der Waals surface area contributed by atoms with Gasteiger partial charge in [0, 0.05) is 11.6 Å². The zero-order valence-electron chi connectivity index (χ0n) is 9.45. The second kappa shape index (κ2) is 7.14. The summed E-state index contributed by atoms with van der Waals surface area (Å²) in [4.78, 5) is 10.2. The van der Waals surface area contributed by atoms with E-state index >= 15 is 0 Å². The van der Waals surface area contributed by atoms with E-state index in [2.05, 4.69) is 5.32 Å². The van der Waals surface area contributed by atoms with Crippen LogP contribution in [-0.2, 0) is 13.0 Å².